The highest BCUT2D eigenvalue weighted by Crippen LogP contribution is 2.34. The number of rotatable bonds is 3. The molecule has 2 N–H and O–H groups in total. The molecule has 1 saturated heterocycles. The first-order valence-corrected chi connectivity index (χ1v) is 7.82. The average Bonchev–Trinajstić information content (AvgIpc) is 3.04. The Bertz CT molecular complexity index is 691. The van der Waals surface area contributed by atoms with Crippen LogP contribution in [0.1, 0.15) is 31.4 Å². The number of aromatic nitrogens is 2. The zero-order valence-corrected chi connectivity index (χ0v) is 13.0. The van der Waals surface area contributed by atoms with E-state index < -0.39 is 6.10 Å². The number of likely N-dealkylation sites (tertiary alicyclic amines) is 1. The molecule has 2 aromatic rings. The molecule has 3 rings (SSSR count). The SMILES string of the molecule is C[C@@H](O)C(=O)N1CCC(c2[nH]ncc2-c2cccc(F)c2)CC1. The van der Waals surface area contributed by atoms with Gasteiger partial charge in [-0.2, -0.15) is 5.10 Å². The smallest absolute Gasteiger partial charge is 0.251 e. The second-order valence-electron chi connectivity index (χ2n) is 5.98. The maximum atomic E-state index is 13.5. The number of carbonyl (C=O) groups is 1. The van der Waals surface area contributed by atoms with Crippen molar-refractivity contribution in [2.45, 2.75) is 31.8 Å². The summed E-state index contributed by atoms with van der Waals surface area (Å²) in [7, 11) is 0. The lowest BCUT2D eigenvalue weighted by atomic mass is 9.89. The van der Waals surface area contributed by atoms with Crippen molar-refractivity contribution in [3.63, 3.8) is 0 Å². The second kappa shape index (κ2) is 6.50. The van der Waals surface area contributed by atoms with Crippen molar-refractivity contribution in [2.24, 2.45) is 0 Å². The number of carbonyl (C=O) groups excluding carboxylic acids is 1. The van der Waals surface area contributed by atoms with E-state index in [-0.39, 0.29) is 17.6 Å². The quantitative estimate of drug-likeness (QED) is 0.912. The van der Waals surface area contributed by atoms with E-state index in [9.17, 15) is 14.3 Å². The fourth-order valence-corrected chi connectivity index (χ4v) is 3.15. The highest BCUT2D eigenvalue weighted by atomic mass is 19.1. The molecule has 0 spiro atoms. The molecule has 1 aromatic carbocycles. The van der Waals surface area contributed by atoms with Crippen molar-refractivity contribution in [3.05, 3.63) is 42.0 Å². The molecule has 6 heteroatoms. The van der Waals surface area contributed by atoms with Crippen molar-refractivity contribution in [3.8, 4) is 11.1 Å². The first-order chi connectivity index (χ1) is 11.1. The summed E-state index contributed by atoms with van der Waals surface area (Å²) in [6, 6.07) is 6.47. The van der Waals surface area contributed by atoms with E-state index in [0.717, 1.165) is 29.7 Å². The highest BCUT2D eigenvalue weighted by molar-refractivity contribution is 5.80. The van der Waals surface area contributed by atoms with E-state index in [1.807, 2.05) is 6.07 Å². The molecule has 0 radical (unpaired) electrons. The lowest BCUT2D eigenvalue weighted by Crippen LogP contribution is -2.42. The Morgan fingerprint density at radius 1 is 1.43 bits per heavy atom. The zero-order valence-electron chi connectivity index (χ0n) is 13.0. The van der Waals surface area contributed by atoms with Gasteiger partial charge in [0, 0.05) is 30.3 Å². The molecular formula is C17H20FN3O2. The van der Waals surface area contributed by atoms with Crippen LogP contribution in [0.3, 0.4) is 0 Å². The van der Waals surface area contributed by atoms with Crippen LogP contribution in [0.2, 0.25) is 0 Å². The van der Waals surface area contributed by atoms with Gasteiger partial charge in [-0.15, -0.1) is 0 Å². The van der Waals surface area contributed by atoms with Gasteiger partial charge in [-0.05, 0) is 37.5 Å². The van der Waals surface area contributed by atoms with E-state index in [0.29, 0.717) is 13.1 Å². The van der Waals surface area contributed by atoms with E-state index >= 15 is 0 Å². The summed E-state index contributed by atoms with van der Waals surface area (Å²) in [6.07, 6.45) is 2.35. The topological polar surface area (TPSA) is 69.2 Å². The molecule has 0 aliphatic carbocycles. The van der Waals surface area contributed by atoms with Crippen LogP contribution in [0.4, 0.5) is 4.39 Å². The molecule has 0 saturated carbocycles. The number of hydrogen-bond acceptors (Lipinski definition) is 3. The van der Waals surface area contributed by atoms with Crippen LogP contribution >= 0.6 is 0 Å². The van der Waals surface area contributed by atoms with Crippen molar-refractivity contribution in [2.75, 3.05) is 13.1 Å². The molecule has 2 heterocycles. The van der Waals surface area contributed by atoms with Gasteiger partial charge in [0.2, 0.25) is 0 Å². The molecule has 23 heavy (non-hydrogen) atoms. The Balaban J connectivity index is 1.75. The van der Waals surface area contributed by atoms with Crippen molar-refractivity contribution in [1.29, 1.82) is 0 Å². The predicted molar refractivity (Wildman–Crippen MR) is 84.2 cm³/mol. The van der Waals surface area contributed by atoms with Crippen LogP contribution in [0.5, 0.6) is 0 Å². The number of H-pyrrole nitrogens is 1. The molecule has 0 unspecified atom stereocenters. The molecule has 1 aliphatic heterocycles. The maximum absolute atomic E-state index is 13.5. The molecule has 1 aliphatic rings. The van der Waals surface area contributed by atoms with E-state index in [2.05, 4.69) is 10.2 Å². The number of aliphatic hydroxyl groups is 1. The Labute approximate surface area is 134 Å². The zero-order chi connectivity index (χ0) is 16.4. The number of amides is 1. The molecular weight excluding hydrogens is 297 g/mol. The molecule has 0 bridgehead atoms. The van der Waals surface area contributed by atoms with Crippen LogP contribution < -0.4 is 0 Å². The minimum Gasteiger partial charge on any atom is -0.384 e. The predicted octanol–water partition coefficient (Wildman–Crippen LogP) is 2.30. The number of aromatic amines is 1. The Hall–Kier alpha value is -2.21. The van der Waals surface area contributed by atoms with Gasteiger partial charge in [0.05, 0.1) is 6.20 Å². The molecule has 5 nitrogen and oxygen atoms in total. The number of benzene rings is 1. The maximum Gasteiger partial charge on any atom is 0.251 e. The number of nitrogens with zero attached hydrogens (tertiary/aromatic N) is 2. The fourth-order valence-electron chi connectivity index (χ4n) is 3.15. The third-order valence-corrected chi connectivity index (χ3v) is 4.38. The standard InChI is InChI=1S/C17H20FN3O2/c1-11(22)17(23)21-7-5-12(6-8-21)16-15(10-19-20-16)13-3-2-4-14(18)9-13/h2-4,9-12,22H,5-8H2,1H3,(H,19,20)/t11-/m1/s1. The van der Waals surface area contributed by atoms with Gasteiger partial charge < -0.3 is 10.0 Å². The van der Waals surface area contributed by atoms with Crippen molar-refractivity contribution >= 4 is 5.91 Å². The second-order valence-corrected chi connectivity index (χ2v) is 5.98. The number of hydrogen-bond donors (Lipinski definition) is 2. The van der Waals surface area contributed by atoms with Crippen LogP contribution in [0.25, 0.3) is 11.1 Å². The van der Waals surface area contributed by atoms with E-state index in [4.69, 9.17) is 0 Å². The largest absolute Gasteiger partial charge is 0.384 e. The van der Waals surface area contributed by atoms with Crippen molar-refractivity contribution < 1.29 is 14.3 Å². The third-order valence-electron chi connectivity index (χ3n) is 4.38. The van der Waals surface area contributed by atoms with Gasteiger partial charge in [0.15, 0.2) is 0 Å². The van der Waals surface area contributed by atoms with Crippen LogP contribution in [-0.4, -0.2) is 45.3 Å². The number of halogens is 1. The average molecular weight is 317 g/mol. The van der Waals surface area contributed by atoms with Crippen LogP contribution in [-0.2, 0) is 4.79 Å². The lowest BCUT2D eigenvalue weighted by molar-refractivity contribution is -0.140. The summed E-state index contributed by atoms with van der Waals surface area (Å²) in [5.41, 5.74) is 2.70. The first-order valence-electron chi connectivity index (χ1n) is 7.82. The summed E-state index contributed by atoms with van der Waals surface area (Å²) in [4.78, 5) is 13.5. The van der Waals surface area contributed by atoms with Crippen LogP contribution in [0, 0.1) is 5.82 Å². The fraction of sp³-hybridized carbons (Fsp3) is 0.412. The highest BCUT2D eigenvalue weighted by Gasteiger charge is 2.28. The van der Waals surface area contributed by atoms with Gasteiger partial charge in [-0.25, -0.2) is 4.39 Å². The number of piperidine rings is 1. The van der Waals surface area contributed by atoms with Crippen LogP contribution in [0.15, 0.2) is 30.5 Å². The minimum atomic E-state index is -0.957. The molecule has 1 amide bonds. The summed E-state index contributed by atoms with van der Waals surface area (Å²) in [5, 5.41) is 16.6. The van der Waals surface area contributed by atoms with Gasteiger partial charge in [0.1, 0.15) is 11.9 Å². The van der Waals surface area contributed by atoms with Crippen molar-refractivity contribution in [1.82, 2.24) is 15.1 Å². The lowest BCUT2D eigenvalue weighted by Gasteiger charge is -2.32. The Kier molecular flexibility index (Phi) is 4.43. The normalized spacial score (nSPS) is 17.3. The Morgan fingerprint density at radius 2 is 2.17 bits per heavy atom. The van der Waals surface area contributed by atoms with E-state index in [1.54, 1.807) is 17.2 Å². The minimum absolute atomic E-state index is 0.224. The Morgan fingerprint density at radius 3 is 2.83 bits per heavy atom. The monoisotopic (exact) mass is 317 g/mol. The first kappa shape index (κ1) is 15.7. The summed E-state index contributed by atoms with van der Waals surface area (Å²) in [5.74, 6) is -0.251. The third kappa shape index (κ3) is 3.27. The molecule has 1 fully saturated rings. The summed E-state index contributed by atoms with van der Waals surface area (Å²) < 4.78 is 13.5. The number of nitrogens with one attached hydrogen (secondary N) is 1. The van der Waals surface area contributed by atoms with Gasteiger partial charge in [-0.3, -0.25) is 9.89 Å². The van der Waals surface area contributed by atoms with E-state index in [1.165, 1.54) is 19.1 Å². The van der Waals surface area contributed by atoms with Gasteiger partial charge in [-0.1, -0.05) is 12.1 Å². The molecule has 1 atom stereocenters. The number of aliphatic hydroxyl groups excluding tert-OH is 1. The van der Waals surface area contributed by atoms with Gasteiger partial charge in [0.25, 0.3) is 5.91 Å². The summed E-state index contributed by atoms with van der Waals surface area (Å²) >= 11 is 0. The van der Waals surface area contributed by atoms with Gasteiger partial charge >= 0.3 is 0 Å². The molecule has 1 aromatic heterocycles. The molecule has 122 valence electrons. The summed E-state index contributed by atoms with van der Waals surface area (Å²) in [6.45, 7) is 2.71.